The summed E-state index contributed by atoms with van der Waals surface area (Å²) < 4.78 is 31.8. The highest BCUT2D eigenvalue weighted by Gasteiger charge is 2.48. The Morgan fingerprint density at radius 2 is 0.912 bits per heavy atom. The Labute approximate surface area is 195 Å². The van der Waals surface area contributed by atoms with Crippen LogP contribution < -0.4 is 0 Å². The van der Waals surface area contributed by atoms with Gasteiger partial charge in [-0.15, -0.1) is 0 Å². The van der Waals surface area contributed by atoms with Gasteiger partial charge in [0.15, 0.2) is 18.9 Å². The van der Waals surface area contributed by atoms with Gasteiger partial charge >= 0.3 is 0 Å². The van der Waals surface area contributed by atoms with Crippen molar-refractivity contribution in [2.45, 2.75) is 92.0 Å². The smallest absolute Gasteiger partial charge is 0.186 e. The van der Waals surface area contributed by atoms with E-state index in [-0.39, 0.29) is 0 Å². The topological polar surface area (TPSA) is 237 Å². The third kappa shape index (κ3) is 5.72. The Kier molecular flexibility index (Phi) is 9.63. The minimum atomic E-state index is -1.73. The molecule has 198 valence electrons. The summed E-state index contributed by atoms with van der Waals surface area (Å²) >= 11 is 0. The largest absolute Gasteiger partial charge is 0.388 e. The van der Waals surface area contributed by atoms with E-state index in [1.165, 1.54) is 15.0 Å². The Hall–Kier alpha value is -0.535. The van der Waals surface area contributed by atoms with E-state index in [1.807, 2.05) is 0 Å². The first-order valence-corrected chi connectivity index (χ1v) is 10.8. The van der Waals surface area contributed by atoms with E-state index in [2.05, 4.69) is 0 Å². The van der Waals surface area contributed by atoms with Gasteiger partial charge in [0.1, 0.15) is 75.0 Å². The SMILES string of the molecule is B[C@H]1O[C@@H](OCC2O[C@@H](OC[C@H]3OC(OC)[C@H](O)[C@@H](O)[C@@H]3O)[C@H](O)[C@@H](O)[C@@H]2O)[C@H](O)[C@@H](O)[C@@H]1O. The molecular formula is C18H33BO15. The van der Waals surface area contributed by atoms with Gasteiger partial charge in [0.2, 0.25) is 0 Å². The van der Waals surface area contributed by atoms with Crippen LogP contribution in [0.5, 0.6) is 0 Å². The molecule has 34 heavy (non-hydrogen) atoms. The fourth-order valence-corrected chi connectivity index (χ4v) is 3.97. The Balaban J connectivity index is 1.58. The molecule has 0 bridgehead atoms. The number of aliphatic hydroxyl groups excluding tert-OH is 9. The van der Waals surface area contributed by atoms with E-state index in [9.17, 15) is 46.0 Å². The summed E-state index contributed by atoms with van der Waals surface area (Å²) in [7, 11) is 2.68. The second-order valence-corrected chi connectivity index (χ2v) is 8.61. The highest BCUT2D eigenvalue weighted by Crippen LogP contribution is 2.27. The molecule has 0 spiro atoms. The van der Waals surface area contributed by atoms with Crippen LogP contribution in [0.1, 0.15) is 0 Å². The zero-order valence-corrected chi connectivity index (χ0v) is 18.5. The molecule has 3 rings (SSSR count). The number of methoxy groups -OCH3 is 1. The van der Waals surface area contributed by atoms with Gasteiger partial charge in [-0.25, -0.2) is 0 Å². The lowest BCUT2D eigenvalue weighted by Gasteiger charge is -2.43. The first-order chi connectivity index (χ1) is 16.0. The number of hydrogen-bond donors (Lipinski definition) is 9. The molecule has 0 aromatic carbocycles. The highest BCUT2D eigenvalue weighted by atomic mass is 16.7. The zero-order chi connectivity index (χ0) is 25.3. The maximum Gasteiger partial charge on any atom is 0.186 e. The monoisotopic (exact) mass is 500 g/mol. The predicted molar refractivity (Wildman–Crippen MR) is 108 cm³/mol. The van der Waals surface area contributed by atoms with Gasteiger partial charge in [-0.1, -0.05) is 0 Å². The molecule has 15 nitrogen and oxygen atoms in total. The van der Waals surface area contributed by atoms with Gasteiger partial charge in [0, 0.05) is 7.11 Å². The molecule has 0 aromatic rings. The molecule has 0 aliphatic carbocycles. The van der Waals surface area contributed by atoms with Gasteiger partial charge < -0.3 is 74.4 Å². The second kappa shape index (κ2) is 11.7. The first kappa shape index (κ1) is 28.0. The lowest BCUT2D eigenvalue weighted by atomic mass is 9.86. The van der Waals surface area contributed by atoms with Crippen LogP contribution in [0.25, 0.3) is 0 Å². The predicted octanol–water partition coefficient (Wildman–Crippen LogP) is -7.32. The summed E-state index contributed by atoms with van der Waals surface area (Å²) in [6.45, 7) is -0.934. The summed E-state index contributed by atoms with van der Waals surface area (Å²) in [6.07, 6.45) is -20.9. The van der Waals surface area contributed by atoms with Crippen molar-refractivity contribution in [1.29, 1.82) is 0 Å². The third-order valence-corrected chi connectivity index (χ3v) is 6.23. The summed E-state index contributed by atoms with van der Waals surface area (Å²) in [5.74, 6) is 0. The first-order valence-electron chi connectivity index (χ1n) is 10.8. The van der Waals surface area contributed by atoms with Crippen LogP contribution in [0.15, 0.2) is 0 Å². The van der Waals surface area contributed by atoms with Gasteiger partial charge in [0.25, 0.3) is 0 Å². The summed E-state index contributed by atoms with van der Waals surface area (Å²) in [5, 5.41) is 90.2. The Morgan fingerprint density at radius 3 is 1.38 bits per heavy atom. The standard InChI is InChI=1S/C18H33BO15/c1-29-16-12(26)8(22)6(20)4(32-16)2-30-17-13(27)9(23)7(21)5(33-17)3-31-18-14(28)10(24)11(25)15(19)34-18/h4-18,20-28H,2-3,19H2,1H3/t4-,5?,6-,7-,8+,9+,10+,11+,12-,13-,14-,15+,16?,17-,18-/m1/s1. The minimum absolute atomic E-state index is 0.463. The molecular weight excluding hydrogens is 467 g/mol. The summed E-state index contributed by atoms with van der Waals surface area (Å²) in [5.41, 5.74) is 0. The number of rotatable bonds is 7. The van der Waals surface area contributed by atoms with Crippen LogP contribution >= 0.6 is 0 Å². The normalized spacial score (nSPS) is 52.5. The van der Waals surface area contributed by atoms with Crippen LogP contribution in [0.2, 0.25) is 0 Å². The lowest BCUT2D eigenvalue weighted by molar-refractivity contribution is -0.337. The van der Waals surface area contributed by atoms with Crippen molar-refractivity contribution in [3.8, 4) is 0 Å². The van der Waals surface area contributed by atoms with Gasteiger partial charge in [-0.3, -0.25) is 0 Å². The van der Waals surface area contributed by atoms with Gasteiger partial charge in [-0.05, 0) is 0 Å². The van der Waals surface area contributed by atoms with Crippen molar-refractivity contribution in [1.82, 2.24) is 0 Å². The van der Waals surface area contributed by atoms with E-state index in [1.54, 1.807) is 0 Å². The molecule has 3 aliphatic rings. The number of hydrogen-bond acceptors (Lipinski definition) is 15. The third-order valence-electron chi connectivity index (χ3n) is 6.23. The molecule has 3 saturated heterocycles. The van der Waals surface area contributed by atoms with Gasteiger partial charge in [0.05, 0.1) is 19.2 Å². The molecule has 0 aromatic heterocycles. The quantitative estimate of drug-likeness (QED) is 0.148. The fraction of sp³-hybridized carbons (Fsp3) is 1.00. The van der Waals surface area contributed by atoms with Crippen molar-refractivity contribution in [3.05, 3.63) is 0 Å². The molecule has 0 amide bonds. The molecule has 15 atom stereocenters. The molecule has 3 aliphatic heterocycles. The van der Waals surface area contributed by atoms with Crippen LogP contribution in [-0.4, -0.2) is 166 Å². The molecule has 2 unspecified atom stereocenters. The Morgan fingerprint density at radius 1 is 0.529 bits per heavy atom. The van der Waals surface area contributed by atoms with E-state index >= 15 is 0 Å². The summed E-state index contributed by atoms with van der Waals surface area (Å²) in [6, 6.07) is -0.865. The van der Waals surface area contributed by atoms with E-state index < -0.39 is 105 Å². The second-order valence-electron chi connectivity index (χ2n) is 8.61. The fourth-order valence-electron chi connectivity index (χ4n) is 3.97. The number of aliphatic hydroxyl groups is 9. The van der Waals surface area contributed by atoms with Crippen molar-refractivity contribution in [2.24, 2.45) is 0 Å². The maximum atomic E-state index is 10.3. The maximum absolute atomic E-state index is 10.3. The zero-order valence-electron chi connectivity index (χ0n) is 18.5. The van der Waals surface area contributed by atoms with Crippen molar-refractivity contribution >= 4 is 7.85 Å². The van der Waals surface area contributed by atoms with Crippen molar-refractivity contribution in [3.63, 3.8) is 0 Å². The highest BCUT2D eigenvalue weighted by molar-refractivity contribution is 6.11. The average Bonchev–Trinajstić information content (AvgIpc) is 2.82. The molecule has 0 saturated carbocycles. The van der Waals surface area contributed by atoms with Gasteiger partial charge in [-0.2, -0.15) is 0 Å². The molecule has 0 radical (unpaired) electrons. The van der Waals surface area contributed by atoms with Crippen LogP contribution in [-0.2, 0) is 28.4 Å². The van der Waals surface area contributed by atoms with Crippen LogP contribution in [0, 0.1) is 0 Å². The van der Waals surface area contributed by atoms with E-state index in [4.69, 9.17) is 28.4 Å². The molecule has 9 N–H and O–H groups in total. The van der Waals surface area contributed by atoms with Crippen molar-refractivity contribution < 1.29 is 74.4 Å². The minimum Gasteiger partial charge on any atom is -0.388 e. The lowest BCUT2D eigenvalue weighted by Crippen LogP contribution is -2.62. The van der Waals surface area contributed by atoms with Crippen LogP contribution in [0.3, 0.4) is 0 Å². The van der Waals surface area contributed by atoms with E-state index in [0.29, 0.717) is 0 Å². The summed E-state index contributed by atoms with van der Waals surface area (Å²) in [4.78, 5) is 0. The Bertz CT molecular complexity index is 644. The van der Waals surface area contributed by atoms with Crippen molar-refractivity contribution in [2.75, 3.05) is 20.3 Å². The van der Waals surface area contributed by atoms with Crippen LogP contribution in [0.4, 0.5) is 0 Å². The molecule has 16 heteroatoms. The molecule has 3 heterocycles. The average molecular weight is 500 g/mol. The van der Waals surface area contributed by atoms with E-state index in [0.717, 1.165) is 0 Å². The number of ether oxygens (including phenoxy) is 6. The molecule has 3 fully saturated rings.